The number of aliphatic hydroxyl groups excluding tert-OH is 3. The molecule has 156 valence electrons. The van der Waals surface area contributed by atoms with E-state index in [9.17, 15) is 15.3 Å². The van der Waals surface area contributed by atoms with Gasteiger partial charge in [-0.05, 0) is 36.8 Å². The van der Waals surface area contributed by atoms with Crippen LogP contribution in [-0.2, 0) is 13.2 Å². The van der Waals surface area contributed by atoms with Crippen LogP contribution in [0.4, 0.5) is 5.95 Å². The van der Waals surface area contributed by atoms with Crippen LogP contribution in [0.25, 0.3) is 11.0 Å². The summed E-state index contributed by atoms with van der Waals surface area (Å²) in [4.78, 5) is 9.02. The molecule has 9 heteroatoms. The van der Waals surface area contributed by atoms with Crippen molar-refractivity contribution in [2.24, 2.45) is 0 Å². The van der Waals surface area contributed by atoms with Gasteiger partial charge in [0.2, 0.25) is 5.95 Å². The number of aryl methyl sites for hydroxylation is 1. The summed E-state index contributed by atoms with van der Waals surface area (Å²) in [5.74, 6) is 0.619. The van der Waals surface area contributed by atoms with E-state index in [2.05, 4.69) is 20.6 Å². The van der Waals surface area contributed by atoms with Crippen molar-refractivity contribution < 1.29 is 20.4 Å². The Labute approximate surface area is 168 Å². The highest BCUT2D eigenvalue weighted by molar-refractivity contribution is 5.79. The highest BCUT2D eigenvalue weighted by atomic mass is 16.3. The van der Waals surface area contributed by atoms with Crippen molar-refractivity contribution in [1.82, 2.24) is 19.9 Å². The van der Waals surface area contributed by atoms with Crippen molar-refractivity contribution in [3.8, 4) is 5.75 Å². The van der Waals surface area contributed by atoms with Gasteiger partial charge in [-0.15, -0.1) is 0 Å². The normalized spacial score (nSPS) is 12.4. The van der Waals surface area contributed by atoms with Crippen molar-refractivity contribution in [1.29, 1.82) is 0 Å². The van der Waals surface area contributed by atoms with E-state index in [-0.39, 0.29) is 32.1 Å². The predicted octanol–water partition coefficient (Wildman–Crippen LogP) is 0.341. The Balaban J connectivity index is 1.89. The molecule has 0 fully saturated rings. The Morgan fingerprint density at radius 1 is 1.10 bits per heavy atom. The Hall–Kier alpha value is -2.72. The maximum Gasteiger partial charge on any atom is 0.204 e. The van der Waals surface area contributed by atoms with Crippen LogP contribution in [0, 0.1) is 6.92 Å². The lowest BCUT2D eigenvalue weighted by atomic mass is 10.2. The van der Waals surface area contributed by atoms with Gasteiger partial charge < -0.3 is 35.6 Å². The van der Waals surface area contributed by atoms with E-state index in [1.165, 1.54) is 0 Å². The van der Waals surface area contributed by atoms with Crippen molar-refractivity contribution in [3.05, 3.63) is 47.3 Å². The van der Waals surface area contributed by atoms with E-state index in [1.54, 1.807) is 18.2 Å². The summed E-state index contributed by atoms with van der Waals surface area (Å²) in [5.41, 5.74) is 3.56. The van der Waals surface area contributed by atoms with Gasteiger partial charge in [0.25, 0.3) is 0 Å². The van der Waals surface area contributed by atoms with Crippen LogP contribution < -0.4 is 10.6 Å². The van der Waals surface area contributed by atoms with E-state index in [1.807, 2.05) is 23.6 Å². The zero-order valence-corrected chi connectivity index (χ0v) is 16.3. The van der Waals surface area contributed by atoms with Crippen LogP contribution in [0.1, 0.15) is 17.0 Å². The molecule has 0 saturated heterocycles. The number of aromatic hydroxyl groups is 1. The van der Waals surface area contributed by atoms with Crippen molar-refractivity contribution >= 4 is 17.0 Å². The molecule has 0 radical (unpaired) electrons. The number of benzene rings is 1. The summed E-state index contributed by atoms with van der Waals surface area (Å²) in [6, 6.07) is 8.83. The molecule has 0 saturated carbocycles. The van der Waals surface area contributed by atoms with Crippen LogP contribution in [0.5, 0.6) is 5.75 Å². The molecule has 0 amide bonds. The third kappa shape index (κ3) is 5.21. The molecule has 2 heterocycles. The SMILES string of the molecule is Cc1ccc(O)c(Cn2c(NCC(O)CNCCO)nc3ccc(CO)cc32)n1. The first-order chi connectivity index (χ1) is 14.0. The first-order valence-electron chi connectivity index (χ1n) is 9.51. The van der Waals surface area contributed by atoms with E-state index in [4.69, 9.17) is 5.11 Å². The molecule has 0 aliphatic carbocycles. The topological polar surface area (TPSA) is 136 Å². The molecule has 1 unspecified atom stereocenters. The summed E-state index contributed by atoms with van der Waals surface area (Å²) in [6.45, 7) is 3.05. The molecule has 1 aromatic carbocycles. The van der Waals surface area contributed by atoms with Gasteiger partial charge >= 0.3 is 0 Å². The molecule has 3 aromatic rings. The van der Waals surface area contributed by atoms with Gasteiger partial charge in [-0.1, -0.05) is 6.07 Å². The molecule has 29 heavy (non-hydrogen) atoms. The van der Waals surface area contributed by atoms with Gasteiger partial charge in [0.1, 0.15) is 11.4 Å². The van der Waals surface area contributed by atoms with E-state index in [0.717, 1.165) is 22.3 Å². The molecule has 6 N–H and O–H groups in total. The number of aromatic nitrogens is 3. The second kappa shape index (κ2) is 9.66. The average molecular weight is 401 g/mol. The summed E-state index contributed by atoms with van der Waals surface area (Å²) in [7, 11) is 0. The maximum atomic E-state index is 10.2. The lowest BCUT2D eigenvalue weighted by molar-refractivity contribution is 0.179. The smallest absolute Gasteiger partial charge is 0.204 e. The van der Waals surface area contributed by atoms with Crippen LogP contribution in [0.2, 0.25) is 0 Å². The maximum absolute atomic E-state index is 10.2. The fourth-order valence-corrected chi connectivity index (χ4v) is 3.06. The third-order valence-corrected chi connectivity index (χ3v) is 4.56. The molecule has 2 aromatic heterocycles. The molecule has 3 rings (SSSR count). The van der Waals surface area contributed by atoms with Gasteiger partial charge in [0, 0.05) is 25.3 Å². The van der Waals surface area contributed by atoms with Crippen molar-refractivity contribution in [3.63, 3.8) is 0 Å². The predicted molar refractivity (Wildman–Crippen MR) is 110 cm³/mol. The lowest BCUT2D eigenvalue weighted by Crippen LogP contribution is -2.34. The van der Waals surface area contributed by atoms with Crippen LogP contribution >= 0.6 is 0 Å². The number of anilines is 1. The lowest BCUT2D eigenvalue weighted by Gasteiger charge is -2.15. The van der Waals surface area contributed by atoms with Crippen molar-refractivity contribution in [2.75, 3.05) is 31.6 Å². The molecule has 9 nitrogen and oxygen atoms in total. The van der Waals surface area contributed by atoms with E-state index in [0.29, 0.717) is 24.7 Å². The van der Waals surface area contributed by atoms with E-state index < -0.39 is 6.10 Å². The second-order valence-corrected chi connectivity index (χ2v) is 6.88. The first kappa shape index (κ1) is 21.0. The molecule has 0 spiro atoms. The fraction of sp³-hybridized carbons (Fsp3) is 0.400. The number of hydrogen-bond acceptors (Lipinski definition) is 8. The Morgan fingerprint density at radius 3 is 2.69 bits per heavy atom. The minimum atomic E-state index is -0.673. The second-order valence-electron chi connectivity index (χ2n) is 6.88. The Morgan fingerprint density at radius 2 is 1.93 bits per heavy atom. The summed E-state index contributed by atoms with van der Waals surface area (Å²) in [6.07, 6.45) is -0.673. The minimum absolute atomic E-state index is 0.0100. The number of aliphatic hydroxyl groups is 3. The number of rotatable bonds is 10. The zero-order valence-electron chi connectivity index (χ0n) is 16.3. The molecule has 0 aliphatic rings. The number of fused-ring (bicyclic) bond motifs is 1. The largest absolute Gasteiger partial charge is 0.506 e. The van der Waals surface area contributed by atoms with Gasteiger partial charge in [-0.3, -0.25) is 4.98 Å². The van der Waals surface area contributed by atoms with E-state index >= 15 is 0 Å². The number of hydrogen-bond donors (Lipinski definition) is 6. The Kier molecular flexibility index (Phi) is 6.99. The van der Waals surface area contributed by atoms with Crippen LogP contribution in [0.3, 0.4) is 0 Å². The average Bonchev–Trinajstić information content (AvgIpc) is 3.06. The standard InChI is InChI=1S/C20H27N5O4/c1-13-2-5-19(29)17(23-13)11-25-18-8-14(12-27)3-4-16(18)24-20(25)22-10-15(28)9-21-6-7-26/h2-5,8,15,21,26-29H,6-7,9-12H2,1H3,(H,22,24). The number of imidazole rings is 1. The Bertz CT molecular complexity index is 959. The molecule has 1 atom stereocenters. The quantitative estimate of drug-likeness (QED) is 0.268. The highest BCUT2D eigenvalue weighted by Gasteiger charge is 2.15. The monoisotopic (exact) mass is 401 g/mol. The summed E-state index contributed by atoms with van der Waals surface area (Å²) in [5, 5.41) is 44.7. The molecule has 0 bridgehead atoms. The van der Waals surface area contributed by atoms with Gasteiger partial charge in [-0.25, -0.2) is 4.98 Å². The zero-order chi connectivity index (χ0) is 20.8. The first-order valence-corrected chi connectivity index (χ1v) is 9.51. The van der Waals surface area contributed by atoms with Gasteiger partial charge in [0.05, 0.1) is 36.9 Å². The number of pyridine rings is 1. The van der Waals surface area contributed by atoms with Gasteiger partial charge in [0.15, 0.2) is 0 Å². The van der Waals surface area contributed by atoms with Crippen LogP contribution in [0.15, 0.2) is 30.3 Å². The summed E-state index contributed by atoms with van der Waals surface area (Å²) < 4.78 is 1.86. The van der Waals surface area contributed by atoms with Crippen LogP contribution in [-0.4, -0.2) is 67.3 Å². The highest BCUT2D eigenvalue weighted by Crippen LogP contribution is 2.25. The molecule has 0 aliphatic heterocycles. The minimum Gasteiger partial charge on any atom is -0.506 e. The third-order valence-electron chi connectivity index (χ3n) is 4.56. The van der Waals surface area contributed by atoms with Crippen molar-refractivity contribution in [2.45, 2.75) is 26.2 Å². The fourth-order valence-electron chi connectivity index (χ4n) is 3.06. The van der Waals surface area contributed by atoms with Gasteiger partial charge in [-0.2, -0.15) is 0 Å². The number of nitrogens with zero attached hydrogens (tertiary/aromatic N) is 3. The molecular formula is C20H27N5O4. The summed E-state index contributed by atoms with van der Waals surface area (Å²) >= 11 is 0. The molecular weight excluding hydrogens is 374 g/mol. The number of nitrogens with one attached hydrogen (secondary N) is 2.